The summed E-state index contributed by atoms with van der Waals surface area (Å²) in [4.78, 5) is 68.5. The van der Waals surface area contributed by atoms with Crippen LogP contribution in [0.4, 0.5) is 16.3 Å². The van der Waals surface area contributed by atoms with Crippen LogP contribution in [0.1, 0.15) is 53.6 Å². The lowest BCUT2D eigenvalue weighted by Crippen LogP contribution is -2.52. The largest absolute Gasteiger partial charge is 0.454 e. The lowest BCUT2D eigenvalue weighted by atomic mass is 9.93. The van der Waals surface area contributed by atoms with Crippen LogP contribution in [0.5, 0.6) is 11.5 Å². The molecule has 6 heterocycles. The number of imidazole rings is 1. The van der Waals surface area contributed by atoms with Crippen LogP contribution in [0.25, 0.3) is 11.2 Å². The first-order valence-corrected chi connectivity index (χ1v) is 17.4. The van der Waals surface area contributed by atoms with E-state index in [1.165, 1.54) is 23.0 Å². The quantitative estimate of drug-likeness (QED) is 0.239. The van der Waals surface area contributed by atoms with Crippen molar-refractivity contribution in [3.63, 3.8) is 0 Å². The van der Waals surface area contributed by atoms with Gasteiger partial charge in [-0.15, -0.1) is 0 Å². The number of imide groups is 1. The monoisotopic (exact) mass is 697 g/mol. The molecule has 4 aromatic rings. The number of nitrogens with one attached hydrogen (secondary N) is 2. The van der Waals surface area contributed by atoms with Gasteiger partial charge in [-0.3, -0.25) is 19.7 Å². The number of piperidine rings is 2. The summed E-state index contributed by atoms with van der Waals surface area (Å²) < 4.78 is 13.2. The number of nitrogens with two attached hydrogens (primary N) is 1. The minimum atomic E-state index is -0.720. The number of ether oxygens (including phenoxy) is 2. The van der Waals surface area contributed by atoms with Crippen molar-refractivity contribution in [2.45, 2.75) is 68.2 Å². The number of aryl methyl sites for hydroxylation is 2. The van der Waals surface area contributed by atoms with Gasteiger partial charge in [0.1, 0.15) is 12.4 Å². The number of amides is 5. The third-order valence-corrected chi connectivity index (χ3v) is 11.0. The van der Waals surface area contributed by atoms with E-state index >= 15 is 0 Å². The van der Waals surface area contributed by atoms with Crippen molar-refractivity contribution in [2.75, 3.05) is 30.9 Å². The van der Waals surface area contributed by atoms with Crippen molar-refractivity contribution < 1.29 is 28.7 Å². The fourth-order valence-corrected chi connectivity index (χ4v) is 8.09. The lowest BCUT2D eigenvalue weighted by molar-refractivity contribution is -0.136. The molecule has 4 aliphatic heterocycles. The Labute approximate surface area is 290 Å². The molecular weight excluding hydrogens is 662 g/mol. The number of likely N-dealkylation sites (tertiary alicyclic amines) is 1. The van der Waals surface area contributed by atoms with E-state index in [-0.39, 0.29) is 44.0 Å². The first kappa shape index (κ1) is 31.9. The number of rotatable bonds is 7. The van der Waals surface area contributed by atoms with E-state index in [4.69, 9.17) is 20.2 Å². The second-order valence-corrected chi connectivity index (χ2v) is 13.9. The van der Waals surface area contributed by atoms with Crippen LogP contribution in [0.3, 0.4) is 0 Å². The van der Waals surface area contributed by atoms with Gasteiger partial charge in [0.05, 0.1) is 0 Å². The molecule has 2 aromatic carbocycles. The topological polar surface area (TPSA) is 187 Å². The van der Waals surface area contributed by atoms with Crippen LogP contribution in [0, 0.1) is 12.8 Å². The molecule has 1 unspecified atom stereocenters. The normalized spacial score (nSPS) is 18.9. The Morgan fingerprint density at radius 1 is 1.10 bits per heavy atom. The molecule has 2 fully saturated rings. The maximum Gasteiger partial charge on any atom is 0.321 e. The zero-order valence-corrected chi connectivity index (χ0v) is 28.1. The van der Waals surface area contributed by atoms with E-state index in [2.05, 4.69) is 25.2 Å². The van der Waals surface area contributed by atoms with Crippen molar-refractivity contribution in [3.8, 4) is 11.5 Å². The van der Waals surface area contributed by atoms with Gasteiger partial charge in [-0.25, -0.2) is 19.7 Å². The highest BCUT2D eigenvalue weighted by Crippen LogP contribution is 2.41. The van der Waals surface area contributed by atoms with E-state index in [0.717, 1.165) is 40.6 Å². The number of hydrogen-bond acceptors (Lipinski definition) is 11. The van der Waals surface area contributed by atoms with Crippen molar-refractivity contribution >= 4 is 58.2 Å². The predicted octanol–water partition coefficient (Wildman–Crippen LogP) is 3.69. The molecule has 0 radical (unpaired) electrons. The summed E-state index contributed by atoms with van der Waals surface area (Å²) in [5, 5.41) is 6.10. The number of fused-ring (bicyclic) bond motifs is 3. The first-order valence-electron chi connectivity index (χ1n) is 16.6. The van der Waals surface area contributed by atoms with Gasteiger partial charge in [0.2, 0.25) is 18.6 Å². The molecule has 2 saturated heterocycles. The van der Waals surface area contributed by atoms with Crippen molar-refractivity contribution in [1.29, 1.82) is 0 Å². The molecular formula is C34H35N9O6S. The number of hydrogen-bond donors (Lipinski definition) is 3. The van der Waals surface area contributed by atoms with Gasteiger partial charge in [0, 0.05) is 54.3 Å². The summed E-state index contributed by atoms with van der Waals surface area (Å²) in [6, 6.07) is 8.20. The average molecular weight is 698 g/mol. The third kappa shape index (κ3) is 5.82. The molecule has 1 atom stereocenters. The molecule has 16 heteroatoms. The van der Waals surface area contributed by atoms with E-state index in [0.29, 0.717) is 65.1 Å². The van der Waals surface area contributed by atoms with Crippen molar-refractivity contribution in [3.05, 3.63) is 53.3 Å². The Morgan fingerprint density at radius 3 is 2.70 bits per heavy atom. The fourth-order valence-electron chi connectivity index (χ4n) is 7.08. The molecule has 4 aliphatic rings. The molecule has 5 amide bonds. The van der Waals surface area contributed by atoms with Crippen molar-refractivity contribution in [2.24, 2.45) is 5.92 Å². The van der Waals surface area contributed by atoms with Gasteiger partial charge in [0.25, 0.3) is 5.91 Å². The zero-order valence-electron chi connectivity index (χ0n) is 27.3. The average Bonchev–Trinajstić information content (AvgIpc) is 3.80. The van der Waals surface area contributed by atoms with Gasteiger partial charge in [-0.05, 0) is 68.4 Å². The van der Waals surface area contributed by atoms with Gasteiger partial charge >= 0.3 is 6.03 Å². The van der Waals surface area contributed by atoms with Gasteiger partial charge < -0.3 is 34.9 Å². The number of aromatic nitrogens is 4. The van der Waals surface area contributed by atoms with Crippen LogP contribution < -0.4 is 25.8 Å². The summed E-state index contributed by atoms with van der Waals surface area (Å²) in [6.07, 6.45) is 4.43. The number of nitrogen functional groups attached to an aromatic ring is 1. The summed E-state index contributed by atoms with van der Waals surface area (Å²) in [5.74, 6) is 1.06. The number of benzene rings is 2. The highest BCUT2D eigenvalue weighted by atomic mass is 32.2. The molecule has 8 rings (SSSR count). The Hall–Kier alpha value is -5.38. The molecule has 0 spiro atoms. The van der Waals surface area contributed by atoms with E-state index in [9.17, 15) is 19.2 Å². The molecule has 0 aliphatic carbocycles. The van der Waals surface area contributed by atoms with E-state index in [1.54, 1.807) is 23.1 Å². The highest BCUT2D eigenvalue weighted by molar-refractivity contribution is 7.99. The Balaban J connectivity index is 0.908. The minimum Gasteiger partial charge on any atom is -0.454 e. The third-order valence-electron chi connectivity index (χ3n) is 9.88. The number of nitrogens with zero attached hydrogens (tertiary/aromatic N) is 6. The van der Waals surface area contributed by atoms with Crippen molar-refractivity contribution in [1.82, 2.24) is 34.6 Å². The van der Waals surface area contributed by atoms with Crippen LogP contribution in [-0.2, 0) is 22.7 Å². The Kier molecular flexibility index (Phi) is 8.17. The van der Waals surface area contributed by atoms with Crippen LogP contribution in [0.2, 0.25) is 0 Å². The Bertz CT molecular complexity index is 2060. The van der Waals surface area contributed by atoms with Gasteiger partial charge in [0.15, 0.2) is 33.6 Å². The predicted molar refractivity (Wildman–Crippen MR) is 182 cm³/mol. The van der Waals surface area contributed by atoms with Gasteiger partial charge in [-0.1, -0.05) is 17.8 Å². The second-order valence-electron chi connectivity index (χ2n) is 12.9. The van der Waals surface area contributed by atoms with Crippen LogP contribution in [0.15, 0.2) is 46.7 Å². The minimum absolute atomic E-state index is 0.180. The maximum atomic E-state index is 13.4. The first-order chi connectivity index (χ1) is 24.2. The molecule has 2 aromatic heterocycles. The van der Waals surface area contributed by atoms with E-state index < -0.39 is 11.9 Å². The number of anilines is 2. The highest BCUT2D eigenvalue weighted by Gasteiger charge is 2.40. The molecule has 0 saturated carbocycles. The summed E-state index contributed by atoms with van der Waals surface area (Å²) in [6.45, 7) is 4.26. The molecule has 0 bridgehead atoms. The Morgan fingerprint density at radius 2 is 1.90 bits per heavy atom. The van der Waals surface area contributed by atoms with Gasteiger partial charge in [-0.2, -0.15) is 0 Å². The smallest absolute Gasteiger partial charge is 0.321 e. The molecule has 258 valence electrons. The summed E-state index contributed by atoms with van der Waals surface area (Å²) >= 11 is 1.52. The standard InChI is InChI=1S/C34H35N9O6S/c1-18-13-24-25(49-17-48-24)14-26(18)50-34-40-28-29(35)36-16-37-30(28)42(34)12-9-19-7-10-41(11-8-19)33(47)38-22-4-2-3-20-21(22)15-43(32(20)46)23-5-6-27(44)39-31(23)45/h2-4,13-14,16,19,23H,5-12,15,17H2,1H3,(H,38,47)(H2,35,36,37)(H,39,44,45). The fraction of sp³-hybridized carbons (Fsp3) is 0.382. The summed E-state index contributed by atoms with van der Waals surface area (Å²) in [7, 11) is 0. The maximum absolute atomic E-state index is 13.4. The van der Waals surface area contributed by atoms with Crippen LogP contribution >= 0.6 is 11.8 Å². The van der Waals surface area contributed by atoms with Crippen LogP contribution in [-0.4, -0.2) is 79.0 Å². The SMILES string of the molecule is Cc1cc2c(cc1Sc1nc3c(N)ncnc3n1CCC1CCN(C(=O)Nc3cccc4c3CN(C3CCC(=O)NC3=O)C4=O)CC1)OCO2. The second kappa shape index (κ2) is 12.8. The summed E-state index contributed by atoms with van der Waals surface area (Å²) in [5.41, 5.74) is 10.2. The van der Waals surface area contributed by atoms with E-state index in [1.807, 2.05) is 19.1 Å². The number of urea groups is 1. The molecule has 15 nitrogen and oxygen atoms in total. The lowest BCUT2D eigenvalue weighted by Gasteiger charge is -2.32. The molecule has 50 heavy (non-hydrogen) atoms. The number of carbonyl (C=O) groups is 4. The number of carbonyl (C=O) groups excluding carboxylic acids is 4. The molecule has 4 N–H and O–H groups in total. The zero-order chi connectivity index (χ0) is 34.5.